The third-order valence-corrected chi connectivity index (χ3v) is 3.77. The minimum atomic E-state index is -0.944. The molecule has 3 rings (SSSR count). The van der Waals surface area contributed by atoms with Crippen LogP contribution in [0.4, 0.5) is 0 Å². The standard InChI is InChI=1S/C17H17N3O2/c1-9-5-10(2)16-12(6-9)13(17(21)22)7-15(18-16)14-8-20(4)19-11(14)3/h5-8H,1-4H3,(H,21,22). The summed E-state index contributed by atoms with van der Waals surface area (Å²) in [6.07, 6.45) is 1.86. The highest BCUT2D eigenvalue weighted by Gasteiger charge is 2.16. The highest BCUT2D eigenvalue weighted by atomic mass is 16.4. The molecule has 0 aliphatic carbocycles. The van der Waals surface area contributed by atoms with Crippen LogP contribution in [0.15, 0.2) is 24.4 Å². The summed E-state index contributed by atoms with van der Waals surface area (Å²) < 4.78 is 1.71. The molecule has 0 fully saturated rings. The van der Waals surface area contributed by atoms with Crippen LogP contribution in [-0.2, 0) is 7.05 Å². The number of carboxylic acids is 1. The number of benzene rings is 1. The maximum Gasteiger partial charge on any atom is 0.336 e. The molecule has 0 amide bonds. The van der Waals surface area contributed by atoms with E-state index in [9.17, 15) is 9.90 Å². The van der Waals surface area contributed by atoms with Gasteiger partial charge in [0.15, 0.2) is 0 Å². The zero-order valence-electron chi connectivity index (χ0n) is 13.0. The van der Waals surface area contributed by atoms with Gasteiger partial charge in [0.25, 0.3) is 0 Å². The van der Waals surface area contributed by atoms with E-state index >= 15 is 0 Å². The number of aromatic nitrogens is 3. The lowest BCUT2D eigenvalue weighted by Gasteiger charge is -2.09. The van der Waals surface area contributed by atoms with Crippen LogP contribution in [0.2, 0.25) is 0 Å². The maximum absolute atomic E-state index is 11.7. The van der Waals surface area contributed by atoms with Crippen LogP contribution in [0.25, 0.3) is 22.2 Å². The summed E-state index contributed by atoms with van der Waals surface area (Å²) >= 11 is 0. The minimum Gasteiger partial charge on any atom is -0.478 e. The molecule has 0 saturated carbocycles. The van der Waals surface area contributed by atoms with Gasteiger partial charge in [-0.05, 0) is 38.5 Å². The summed E-state index contributed by atoms with van der Waals surface area (Å²) in [7, 11) is 1.84. The highest BCUT2D eigenvalue weighted by Crippen LogP contribution is 2.29. The van der Waals surface area contributed by atoms with Gasteiger partial charge >= 0.3 is 5.97 Å². The predicted octanol–water partition coefficient (Wildman–Crippen LogP) is 3.26. The SMILES string of the molecule is Cc1cc(C)c2nc(-c3cn(C)nc3C)cc(C(=O)O)c2c1. The largest absolute Gasteiger partial charge is 0.478 e. The van der Waals surface area contributed by atoms with Gasteiger partial charge in [0.05, 0.1) is 22.5 Å². The van der Waals surface area contributed by atoms with E-state index in [0.29, 0.717) is 11.1 Å². The van der Waals surface area contributed by atoms with Crippen LogP contribution < -0.4 is 0 Å². The highest BCUT2D eigenvalue weighted by molar-refractivity contribution is 6.04. The van der Waals surface area contributed by atoms with E-state index in [2.05, 4.69) is 10.1 Å². The topological polar surface area (TPSA) is 68.0 Å². The summed E-state index contributed by atoms with van der Waals surface area (Å²) in [5.41, 5.74) is 5.32. The van der Waals surface area contributed by atoms with Crippen LogP contribution in [0.3, 0.4) is 0 Å². The summed E-state index contributed by atoms with van der Waals surface area (Å²) in [6, 6.07) is 5.52. The first-order chi connectivity index (χ1) is 10.4. The second-order valence-corrected chi connectivity index (χ2v) is 5.64. The number of hydrogen-bond acceptors (Lipinski definition) is 3. The Bertz CT molecular complexity index is 910. The number of carboxylic acid groups (broad SMARTS) is 1. The molecule has 0 aliphatic rings. The fourth-order valence-corrected chi connectivity index (χ4v) is 2.85. The van der Waals surface area contributed by atoms with Crippen LogP contribution in [-0.4, -0.2) is 25.8 Å². The Labute approximate surface area is 128 Å². The van der Waals surface area contributed by atoms with E-state index in [0.717, 1.165) is 27.9 Å². The first kappa shape index (κ1) is 14.3. The average molecular weight is 295 g/mol. The first-order valence-corrected chi connectivity index (χ1v) is 7.02. The Morgan fingerprint density at radius 1 is 1.18 bits per heavy atom. The molecule has 0 unspecified atom stereocenters. The summed E-state index contributed by atoms with van der Waals surface area (Å²) in [6.45, 7) is 5.80. The third kappa shape index (κ3) is 2.24. The van der Waals surface area contributed by atoms with Crippen LogP contribution in [0, 0.1) is 20.8 Å². The molecule has 0 atom stereocenters. The van der Waals surface area contributed by atoms with Gasteiger partial charge in [-0.1, -0.05) is 11.6 Å². The number of aryl methyl sites for hydroxylation is 4. The molecule has 112 valence electrons. The van der Waals surface area contributed by atoms with E-state index < -0.39 is 5.97 Å². The van der Waals surface area contributed by atoms with Crippen molar-refractivity contribution in [2.24, 2.45) is 7.05 Å². The molecule has 1 aromatic carbocycles. The first-order valence-electron chi connectivity index (χ1n) is 7.02. The second-order valence-electron chi connectivity index (χ2n) is 5.64. The van der Waals surface area contributed by atoms with Crippen molar-refractivity contribution in [3.63, 3.8) is 0 Å². The van der Waals surface area contributed by atoms with Gasteiger partial charge in [-0.25, -0.2) is 9.78 Å². The molecule has 2 aromatic heterocycles. The smallest absolute Gasteiger partial charge is 0.336 e. The Morgan fingerprint density at radius 3 is 2.50 bits per heavy atom. The monoisotopic (exact) mass is 295 g/mol. The van der Waals surface area contributed by atoms with Gasteiger partial charge in [0.1, 0.15) is 0 Å². The van der Waals surface area contributed by atoms with Crippen molar-refractivity contribution >= 4 is 16.9 Å². The van der Waals surface area contributed by atoms with E-state index in [1.165, 1.54) is 0 Å². The molecule has 5 heteroatoms. The zero-order valence-corrected chi connectivity index (χ0v) is 13.0. The summed E-state index contributed by atoms with van der Waals surface area (Å²) in [5, 5.41) is 14.5. The number of hydrogen-bond donors (Lipinski definition) is 1. The Balaban J connectivity index is 2.39. The fourth-order valence-electron chi connectivity index (χ4n) is 2.85. The molecule has 2 heterocycles. The molecular weight excluding hydrogens is 278 g/mol. The molecule has 1 N–H and O–H groups in total. The van der Waals surface area contributed by atoms with Crippen LogP contribution >= 0.6 is 0 Å². The Morgan fingerprint density at radius 2 is 1.91 bits per heavy atom. The average Bonchev–Trinajstić information content (AvgIpc) is 2.76. The fraction of sp³-hybridized carbons (Fsp3) is 0.235. The normalized spacial score (nSPS) is 11.1. The van der Waals surface area contributed by atoms with Crippen molar-refractivity contribution in [2.45, 2.75) is 20.8 Å². The second kappa shape index (κ2) is 4.94. The quantitative estimate of drug-likeness (QED) is 0.788. The van der Waals surface area contributed by atoms with Gasteiger partial charge in [-0.15, -0.1) is 0 Å². The molecule has 5 nitrogen and oxygen atoms in total. The minimum absolute atomic E-state index is 0.273. The van der Waals surface area contributed by atoms with E-state index in [1.54, 1.807) is 10.7 Å². The van der Waals surface area contributed by atoms with Gasteiger partial charge in [-0.2, -0.15) is 5.10 Å². The van der Waals surface area contributed by atoms with Gasteiger partial charge in [-0.3, -0.25) is 4.68 Å². The Hall–Kier alpha value is -2.69. The van der Waals surface area contributed by atoms with Crippen LogP contribution in [0.1, 0.15) is 27.2 Å². The molecule has 0 spiro atoms. The molecule has 0 bridgehead atoms. The molecule has 0 radical (unpaired) electrons. The molecule has 22 heavy (non-hydrogen) atoms. The van der Waals surface area contributed by atoms with E-state index in [-0.39, 0.29) is 5.56 Å². The maximum atomic E-state index is 11.7. The van der Waals surface area contributed by atoms with Crippen molar-refractivity contribution in [1.29, 1.82) is 0 Å². The number of pyridine rings is 1. The zero-order chi connectivity index (χ0) is 16.0. The van der Waals surface area contributed by atoms with Crippen molar-refractivity contribution in [1.82, 2.24) is 14.8 Å². The molecule has 0 saturated heterocycles. The lowest BCUT2D eigenvalue weighted by atomic mass is 10.00. The van der Waals surface area contributed by atoms with Gasteiger partial charge in [0, 0.05) is 24.2 Å². The van der Waals surface area contributed by atoms with Crippen LogP contribution in [0.5, 0.6) is 0 Å². The van der Waals surface area contributed by atoms with E-state index in [1.807, 2.05) is 46.1 Å². The Kier molecular flexibility index (Phi) is 3.20. The number of carbonyl (C=O) groups is 1. The molecular formula is C17H17N3O2. The van der Waals surface area contributed by atoms with Crippen molar-refractivity contribution in [2.75, 3.05) is 0 Å². The molecule has 3 aromatic rings. The summed E-state index contributed by atoms with van der Waals surface area (Å²) in [5.74, 6) is -0.944. The van der Waals surface area contributed by atoms with Crippen molar-refractivity contribution in [3.8, 4) is 11.3 Å². The predicted molar refractivity (Wildman–Crippen MR) is 85.1 cm³/mol. The number of fused-ring (bicyclic) bond motifs is 1. The molecule has 0 aliphatic heterocycles. The lowest BCUT2D eigenvalue weighted by Crippen LogP contribution is -2.02. The lowest BCUT2D eigenvalue weighted by molar-refractivity contribution is 0.0699. The van der Waals surface area contributed by atoms with Crippen molar-refractivity contribution < 1.29 is 9.90 Å². The number of rotatable bonds is 2. The third-order valence-electron chi connectivity index (χ3n) is 3.77. The van der Waals surface area contributed by atoms with Gasteiger partial charge < -0.3 is 5.11 Å². The van der Waals surface area contributed by atoms with Crippen molar-refractivity contribution in [3.05, 3.63) is 46.8 Å². The summed E-state index contributed by atoms with van der Waals surface area (Å²) in [4.78, 5) is 16.3. The number of nitrogens with zero attached hydrogens (tertiary/aromatic N) is 3. The number of aromatic carboxylic acids is 1. The van der Waals surface area contributed by atoms with Gasteiger partial charge in [0.2, 0.25) is 0 Å². The van der Waals surface area contributed by atoms with E-state index in [4.69, 9.17) is 0 Å².